The molecule has 226 valence electrons. The van der Waals surface area contributed by atoms with E-state index >= 15 is 4.39 Å². The Morgan fingerprint density at radius 2 is 2.07 bits per heavy atom. The second kappa shape index (κ2) is 10.7. The van der Waals surface area contributed by atoms with Crippen LogP contribution in [0.15, 0.2) is 12.3 Å². The predicted molar refractivity (Wildman–Crippen MR) is 151 cm³/mol. The highest BCUT2D eigenvalue weighted by molar-refractivity contribution is 5.95. The molecule has 0 bridgehead atoms. The number of hydrogen-bond donors (Lipinski definition) is 4. The number of carbonyl (C=O) groups is 3. The van der Waals surface area contributed by atoms with Crippen LogP contribution in [0.2, 0.25) is 0 Å². The maximum Gasteiger partial charge on any atom is 0.416 e. The lowest BCUT2D eigenvalue weighted by molar-refractivity contribution is -0.120. The van der Waals surface area contributed by atoms with Gasteiger partial charge in [-0.05, 0) is 36.0 Å². The smallest absolute Gasteiger partial charge is 0.416 e. The summed E-state index contributed by atoms with van der Waals surface area (Å²) in [7, 11) is 1.57. The summed E-state index contributed by atoms with van der Waals surface area (Å²) in [5.74, 6) is 0.860. The van der Waals surface area contributed by atoms with Crippen molar-refractivity contribution in [1.82, 2.24) is 35.5 Å². The number of piperidine rings is 1. The summed E-state index contributed by atoms with van der Waals surface area (Å²) >= 11 is 0. The van der Waals surface area contributed by atoms with Crippen molar-refractivity contribution in [2.75, 3.05) is 56.6 Å². The van der Waals surface area contributed by atoms with E-state index in [1.165, 1.54) is 11.1 Å². The second-order valence-electron chi connectivity index (χ2n) is 11.6. The van der Waals surface area contributed by atoms with Crippen molar-refractivity contribution < 1.29 is 28.2 Å². The topological polar surface area (TPSA) is 167 Å². The number of likely N-dealkylation sites (tertiary alicyclic amines) is 1. The summed E-state index contributed by atoms with van der Waals surface area (Å²) in [6, 6.07) is 2.00. The first-order chi connectivity index (χ1) is 20.8. The molecule has 0 radical (unpaired) electrons. The average molecular weight is 594 g/mol. The number of H-pyrrole nitrogens is 1. The number of benzene rings is 1. The number of carbonyl (C=O) groups excluding carboxylic acids is 3. The number of halogens is 1. The third-order valence-electron chi connectivity index (χ3n) is 8.67. The molecular weight excluding hydrogens is 561 g/mol. The number of rotatable bonds is 7. The fourth-order valence-electron chi connectivity index (χ4n) is 6.48. The summed E-state index contributed by atoms with van der Waals surface area (Å²) in [5.41, 5.74) is 2.12. The molecule has 15 heteroatoms. The van der Waals surface area contributed by atoms with Crippen LogP contribution < -0.4 is 25.6 Å². The van der Waals surface area contributed by atoms with Crippen LogP contribution in [0.3, 0.4) is 0 Å². The highest BCUT2D eigenvalue weighted by atomic mass is 19.1. The molecule has 1 aromatic carbocycles. The number of fused-ring (bicyclic) bond motifs is 3. The maximum atomic E-state index is 15.5. The zero-order valence-corrected chi connectivity index (χ0v) is 23.7. The molecule has 1 atom stereocenters. The number of imidazole rings is 1. The monoisotopic (exact) mass is 593 g/mol. The Hall–Kier alpha value is -4.37. The molecule has 43 heavy (non-hydrogen) atoms. The van der Waals surface area contributed by atoms with E-state index in [1.807, 2.05) is 6.07 Å². The van der Waals surface area contributed by atoms with Gasteiger partial charge < -0.3 is 35.3 Å². The Bertz CT molecular complexity index is 1620. The summed E-state index contributed by atoms with van der Waals surface area (Å²) in [6.07, 6.45) is 3.74. The molecule has 1 unspecified atom stereocenters. The largest absolute Gasteiger partial charge is 0.465 e. The minimum absolute atomic E-state index is 0.122. The number of nitrogens with zero attached hydrogens (tertiary/aromatic N) is 5. The number of likely N-dealkylation sites (N-methyl/N-ethyl adjacent to an activating group) is 1. The SMILES string of the molecule is CNC(=O)CNCc1nc2c(F)c3c(cc2[nH]1)CC(CN1CCC2(CC1)CN(c1cnc4c(n1)NC(=O)CO4)C(=O)O2)C3. The van der Waals surface area contributed by atoms with Crippen LogP contribution in [0.5, 0.6) is 5.88 Å². The van der Waals surface area contributed by atoms with Crippen LogP contribution in [-0.2, 0) is 33.7 Å². The normalized spacial score (nSPS) is 21.0. The van der Waals surface area contributed by atoms with E-state index in [0.717, 1.165) is 37.2 Å². The van der Waals surface area contributed by atoms with Gasteiger partial charge in [-0.2, -0.15) is 0 Å². The van der Waals surface area contributed by atoms with Crippen molar-refractivity contribution in [2.24, 2.45) is 5.92 Å². The molecule has 7 rings (SSSR count). The zero-order chi connectivity index (χ0) is 29.7. The van der Waals surface area contributed by atoms with Gasteiger partial charge in [0, 0.05) is 39.5 Å². The number of hydrogen-bond acceptors (Lipinski definition) is 10. The molecule has 1 spiro atoms. The summed E-state index contributed by atoms with van der Waals surface area (Å²) in [6.45, 7) is 3.07. The molecule has 4 N–H and O–H groups in total. The fourth-order valence-corrected chi connectivity index (χ4v) is 6.48. The van der Waals surface area contributed by atoms with E-state index in [2.05, 4.69) is 40.8 Å². The summed E-state index contributed by atoms with van der Waals surface area (Å²) in [4.78, 5) is 55.9. The molecule has 1 aliphatic carbocycles. The van der Waals surface area contributed by atoms with Crippen LogP contribution in [0.4, 0.5) is 20.8 Å². The van der Waals surface area contributed by atoms with Gasteiger partial charge in [0.15, 0.2) is 24.1 Å². The number of nitrogens with one attached hydrogen (secondary N) is 4. The Morgan fingerprint density at radius 1 is 1.23 bits per heavy atom. The Labute approximate surface area is 245 Å². The van der Waals surface area contributed by atoms with Gasteiger partial charge in [-0.3, -0.25) is 14.5 Å². The van der Waals surface area contributed by atoms with Crippen molar-refractivity contribution in [3.05, 3.63) is 35.0 Å². The average Bonchev–Trinajstić information content (AvgIpc) is 3.69. The van der Waals surface area contributed by atoms with Gasteiger partial charge in [0.2, 0.25) is 5.91 Å². The van der Waals surface area contributed by atoms with Crippen molar-refractivity contribution >= 4 is 40.6 Å². The summed E-state index contributed by atoms with van der Waals surface area (Å²) < 4.78 is 26.6. The van der Waals surface area contributed by atoms with E-state index in [1.54, 1.807) is 7.05 Å². The molecule has 14 nitrogen and oxygen atoms in total. The van der Waals surface area contributed by atoms with E-state index in [9.17, 15) is 14.4 Å². The van der Waals surface area contributed by atoms with E-state index < -0.39 is 11.7 Å². The predicted octanol–water partition coefficient (Wildman–Crippen LogP) is 0.865. The number of aromatic nitrogens is 4. The maximum absolute atomic E-state index is 15.5. The summed E-state index contributed by atoms with van der Waals surface area (Å²) in [5, 5.41) is 8.16. The van der Waals surface area contributed by atoms with Crippen molar-refractivity contribution in [1.29, 1.82) is 0 Å². The van der Waals surface area contributed by atoms with E-state index in [0.29, 0.717) is 55.0 Å². The van der Waals surface area contributed by atoms with E-state index in [4.69, 9.17) is 9.47 Å². The highest BCUT2D eigenvalue weighted by Gasteiger charge is 2.48. The Balaban J connectivity index is 0.947. The molecule has 0 saturated carbocycles. The van der Waals surface area contributed by atoms with Crippen LogP contribution >= 0.6 is 0 Å². The Morgan fingerprint density at radius 3 is 2.88 bits per heavy atom. The molecular formula is C28H32FN9O5. The minimum atomic E-state index is -0.618. The van der Waals surface area contributed by atoms with Crippen LogP contribution in [-0.4, -0.2) is 94.7 Å². The lowest BCUT2D eigenvalue weighted by Crippen LogP contribution is -2.48. The third-order valence-corrected chi connectivity index (χ3v) is 8.67. The number of ether oxygens (including phenoxy) is 2. The first-order valence-corrected chi connectivity index (χ1v) is 14.4. The first kappa shape index (κ1) is 27.5. The number of amides is 3. The molecule has 2 saturated heterocycles. The van der Waals surface area contributed by atoms with Crippen LogP contribution in [0, 0.1) is 11.7 Å². The van der Waals surface area contributed by atoms with Gasteiger partial charge in [0.05, 0.1) is 31.3 Å². The molecule has 4 aliphatic rings. The Kier molecular flexibility index (Phi) is 6.85. The number of anilines is 2. The minimum Gasteiger partial charge on any atom is -0.465 e. The van der Waals surface area contributed by atoms with Gasteiger partial charge in [-0.1, -0.05) is 0 Å². The number of aromatic amines is 1. The first-order valence-electron chi connectivity index (χ1n) is 14.4. The molecule has 3 amide bonds. The molecule has 2 aromatic heterocycles. The van der Waals surface area contributed by atoms with Crippen LogP contribution in [0.25, 0.3) is 11.0 Å². The van der Waals surface area contributed by atoms with Crippen molar-refractivity contribution in [2.45, 2.75) is 37.8 Å². The standard InChI is InChI=1S/C28H32FN9O5/c1-30-21(39)11-31-9-19-33-18-8-16-6-15(7-17(16)23(29)24(18)34-19)12-37-4-2-28(3-5-37)14-38(27(41)43-28)20-10-32-26-25(35-20)36-22(40)13-42-26/h8,10,15,31H,2-7,9,11-14H2,1H3,(H,30,39)(H,33,34)(H,35,36,40). The van der Waals surface area contributed by atoms with E-state index in [-0.39, 0.29) is 48.4 Å². The molecule has 5 heterocycles. The fraction of sp³-hybridized carbons (Fsp3) is 0.500. The van der Waals surface area contributed by atoms with Gasteiger partial charge in [0.1, 0.15) is 16.9 Å². The van der Waals surface area contributed by atoms with Gasteiger partial charge in [-0.15, -0.1) is 0 Å². The van der Waals surface area contributed by atoms with Crippen LogP contribution in [0.1, 0.15) is 29.8 Å². The third kappa shape index (κ3) is 5.22. The van der Waals surface area contributed by atoms with Gasteiger partial charge in [-0.25, -0.2) is 24.1 Å². The van der Waals surface area contributed by atoms with Gasteiger partial charge in [0.25, 0.3) is 11.8 Å². The van der Waals surface area contributed by atoms with Crippen molar-refractivity contribution in [3.63, 3.8) is 0 Å². The second-order valence-corrected chi connectivity index (χ2v) is 11.6. The zero-order valence-electron chi connectivity index (χ0n) is 23.7. The lowest BCUT2D eigenvalue weighted by atomic mass is 9.90. The molecule has 3 aliphatic heterocycles. The molecule has 3 aromatic rings. The van der Waals surface area contributed by atoms with Crippen molar-refractivity contribution in [3.8, 4) is 5.88 Å². The lowest BCUT2D eigenvalue weighted by Gasteiger charge is -2.38. The highest BCUT2D eigenvalue weighted by Crippen LogP contribution is 2.38. The van der Waals surface area contributed by atoms with Gasteiger partial charge >= 0.3 is 6.09 Å². The molecule has 2 fully saturated rings. The quantitative estimate of drug-likeness (QED) is 0.309.